The molecule has 0 radical (unpaired) electrons. The Morgan fingerprint density at radius 3 is 2.24 bits per heavy atom. The summed E-state index contributed by atoms with van der Waals surface area (Å²) in [7, 11) is 1.04. The van der Waals surface area contributed by atoms with Gasteiger partial charge in [-0.2, -0.15) is 30.3 Å². The number of hydrogen-bond acceptors (Lipinski definition) is 0. The third-order valence-electron chi connectivity index (χ3n) is 2.08. The average molecular weight is 381 g/mol. The van der Waals surface area contributed by atoms with E-state index in [1.54, 1.807) is 0 Å². The second-order valence-electron chi connectivity index (χ2n) is 3.42. The summed E-state index contributed by atoms with van der Waals surface area (Å²) in [6, 6.07) is 18.7. The van der Waals surface area contributed by atoms with Gasteiger partial charge in [0.2, 0.25) is 0 Å². The van der Waals surface area contributed by atoms with E-state index < -0.39 is 0 Å². The molecule has 17 heavy (non-hydrogen) atoms. The van der Waals surface area contributed by atoms with Crippen molar-refractivity contribution in [2.45, 2.75) is 19.8 Å². The van der Waals surface area contributed by atoms with E-state index >= 15 is 0 Å². The summed E-state index contributed by atoms with van der Waals surface area (Å²) in [6.45, 7) is 2.25. The SMILES string of the molecule is CCCCPc1ccc[cH-]1.[Fe+2].[Pd].c1cc[cH-]c1. The van der Waals surface area contributed by atoms with Crippen molar-refractivity contribution in [1.29, 1.82) is 0 Å². The van der Waals surface area contributed by atoms with E-state index in [2.05, 4.69) is 31.2 Å². The third kappa shape index (κ3) is 11.1. The van der Waals surface area contributed by atoms with Crippen LogP contribution in [0.4, 0.5) is 0 Å². The summed E-state index contributed by atoms with van der Waals surface area (Å²) in [6.07, 6.45) is 4.08. The minimum atomic E-state index is 0. The average Bonchev–Trinajstić information content (AvgIpc) is 2.94. The Bertz CT molecular complexity index is 286. The maximum Gasteiger partial charge on any atom is 2.00 e. The fourth-order valence-corrected chi connectivity index (χ4v) is 2.47. The van der Waals surface area contributed by atoms with Gasteiger partial charge in [0.1, 0.15) is 0 Å². The van der Waals surface area contributed by atoms with Gasteiger partial charge in [-0.3, -0.25) is 0 Å². The topological polar surface area (TPSA) is 0 Å². The van der Waals surface area contributed by atoms with Crippen LogP contribution in [0.5, 0.6) is 0 Å². The number of unbranched alkanes of at least 4 members (excludes halogenated alkanes) is 1. The van der Waals surface area contributed by atoms with Gasteiger partial charge in [0.15, 0.2) is 0 Å². The minimum Gasteiger partial charge on any atom is -0.214 e. The van der Waals surface area contributed by atoms with E-state index in [1.807, 2.05) is 30.3 Å². The first-order valence-corrected chi connectivity index (χ1v) is 6.76. The smallest absolute Gasteiger partial charge is 0.214 e. The molecule has 2 aromatic carbocycles. The van der Waals surface area contributed by atoms with E-state index in [4.69, 9.17) is 0 Å². The summed E-state index contributed by atoms with van der Waals surface area (Å²) >= 11 is 0. The van der Waals surface area contributed by atoms with Crippen molar-refractivity contribution in [3.8, 4) is 0 Å². The van der Waals surface area contributed by atoms with Crippen molar-refractivity contribution in [3.05, 3.63) is 54.6 Å². The molecule has 0 fully saturated rings. The zero-order chi connectivity index (χ0) is 10.8. The molecule has 0 aromatic heterocycles. The summed E-state index contributed by atoms with van der Waals surface area (Å²) in [5.41, 5.74) is 0. The quantitative estimate of drug-likeness (QED) is 0.327. The van der Waals surface area contributed by atoms with Crippen molar-refractivity contribution in [2.24, 2.45) is 0 Å². The summed E-state index contributed by atoms with van der Waals surface area (Å²) in [4.78, 5) is 0. The van der Waals surface area contributed by atoms with Crippen LogP contribution in [0.3, 0.4) is 0 Å². The Morgan fingerprint density at radius 1 is 1.12 bits per heavy atom. The molecule has 0 saturated carbocycles. The van der Waals surface area contributed by atoms with E-state index in [-0.39, 0.29) is 37.5 Å². The van der Waals surface area contributed by atoms with Crippen molar-refractivity contribution in [1.82, 2.24) is 0 Å². The molecule has 0 amide bonds. The molecule has 2 rings (SSSR count). The Balaban J connectivity index is 0. The standard InChI is InChI=1S/C9H14P.C5H5.Fe.Pd/c1-2-3-8-10-9-6-4-5-7-9;1-2-4-5-3-1;;/h4-7,10H,2-3,8H2,1H3;1-5H;;/q2*-1;+2;. The van der Waals surface area contributed by atoms with Crippen LogP contribution >= 0.6 is 8.58 Å². The van der Waals surface area contributed by atoms with Gasteiger partial charge in [-0.1, -0.05) is 13.3 Å². The molecule has 98 valence electrons. The van der Waals surface area contributed by atoms with Crippen molar-refractivity contribution in [3.63, 3.8) is 0 Å². The Hall–Kier alpha value is 0.312. The van der Waals surface area contributed by atoms with E-state index in [1.165, 1.54) is 24.3 Å². The molecule has 1 atom stereocenters. The molecule has 0 heterocycles. The van der Waals surface area contributed by atoms with Gasteiger partial charge in [-0.05, 0) is 12.6 Å². The monoisotopic (exact) mass is 380 g/mol. The maximum absolute atomic E-state index is 2.25. The van der Waals surface area contributed by atoms with Crippen LogP contribution < -0.4 is 5.30 Å². The zero-order valence-electron chi connectivity index (χ0n) is 9.99. The largest absolute Gasteiger partial charge is 2.00 e. The first kappa shape index (κ1) is 19.6. The van der Waals surface area contributed by atoms with Gasteiger partial charge in [-0.25, -0.2) is 24.3 Å². The van der Waals surface area contributed by atoms with Gasteiger partial charge >= 0.3 is 17.1 Å². The molecule has 0 bridgehead atoms. The predicted molar refractivity (Wildman–Crippen MR) is 71.8 cm³/mol. The fraction of sp³-hybridized carbons (Fsp3) is 0.286. The van der Waals surface area contributed by atoms with E-state index in [0.717, 1.165) is 8.58 Å². The zero-order valence-corrected chi connectivity index (χ0v) is 13.6. The van der Waals surface area contributed by atoms with E-state index in [9.17, 15) is 0 Å². The Labute approximate surface area is 131 Å². The van der Waals surface area contributed by atoms with E-state index in [0.29, 0.717) is 0 Å². The third-order valence-corrected chi connectivity index (χ3v) is 3.42. The van der Waals surface area contributed by atoms with Crippen LogP contribution in [-0.4, -0.2) is 6.16 Å². The molecule has 0 saturated heterocycles. The van der Waals surface area contributed by atoms with Gasteiger partial charge < -0.3 is 0 Å². The summed E-state index contributed by atoms with van der Waals surface area (Å²) in [5, 5.41) is 1.52. The number of rotatable bonds is 4. The molecule has 3 heteroatoms. The molecule has 0 aliphatic carbocycles. The van der Waals surface area contributed by atoms with Crippen molar-refractivity contribution >= 4 is 13.9 Å². The van der Waals surface area contributed by atoms with Gasteiger partial charge in [0.05, 0.1) is 0 Å². The molecule has 0 N–H and O–H groups in total. The van der Waals surface area contributed by atoms with Crippen LogP contribution in [-0.2, 0) is 37.5 Å². The van der Waals surface area contributed by atoms with Crippen LogP contribution in [0.15, 0.2) is 54.6 Å². The van der Waals surface area contributed by atoms with Crippen LogP contribution in [0.2, 0.25) is 0 Å². The molecule has 2 aromatic rings. The molecule has 0 aliphatic heterocycles. The second-order valence-corrected chi connectivity index (χ2v) is 4.85. The second kappa shape index (κ2) is 14.4. The van der Waals surface area contributed by atoms with Gasteiger partial charge in [0, 0.05) is 20.4 Å². The van der Waals surface area contributed by atoms with Crippen molar-refractivity contribution < 1.29 is 37.5 Å². The van der Waals surface area contributed by atoms with Gasteiger partial charge in [-0.15, -0.1) is 13.9 Å². The number of hydrogen-bond donors (Lipinski definition) is 0. The van der Waals surface area contributed by atoms with Crippen LogP contribution in [0.25, 0.3) is 0 Å². The molecule has 1 unspecified atom stereocenters. The molecule has 0 spiro atoms. The minimum absolute atomic E-state index is 0. The molecular formula is C14H19FePPd. The Morgan fingerprint density at radius 2 is 1.82 bits per heavy atom. The normalized spacial score (nSPS) is 9.00. The summed E-state index contributed by atoms with van der Waals surface area (Å²) < 4.78 is 0. The fourth-order valence-electron chi connectivity index (χ4n) is 1.22. The first-order valence-electron chi connectivity index (χ1n) is 5.55. The molecule has 0 nitrogen and oxygen atoms in total. The predicted octanol–water partition coefficient (Wildman–Crippen LogP) is 3.91. The first-order chi connectivity index (χ1) is 7.43. The summed E-state index contributed by atoms with van der Waals surface area (Å²) in [5.74, 6) is 0. The maximum atomic E-state index is 2.25. The van der Waals surface area contributed by atoms with Gasteiger partial charge in [0.25, 0.3) is 0 Å². The molecular weight excluding hydrogens is 361 g/mol. The van der Waals surface area contributed by atoms with Crippen LogP contribution in [0.1, 0.15) is 19.8 Å². The molecule has 0 aliphatic rings. The Kier molecular flexibility index (Phi) is 16.6. The van der Waals surface area contributed by atoms with Crippen LogP contribution in [0, 0.1) is 0 Å². The van der Waals surface area contributed by atoms with Crippen molar-refractivity contribution in [2.75, 3.05) is 6.16 Å².